The molecule has 5 heteroatoms. The zero-order valence-corrected chi connectivity index (χ0v) is 11.9. The van der Waals surface area contributed by atoms with Crippen molar-refractivity contribution in [3.63, 3.8) is 0 Å². The molecule has 0 spiro atoms. The van der Waals surface area contributed by atoms with Crippen LogP contribution in [0.4, 0.5) is 0 Å². The molecule has 1 aliphatic carbocycles. The highest BCUT2D eigenvalue weighted by Gasteiger charge is 2.39. The summed E-state index contributed by atoms with van der Waals surface area (Å²) in [7, 11) is -4.43. The van der Waals surface area contributed by atoms with E-state index in [1.54, 1.807) is 19.9 Å². The molecule has 0 aromatic rings. The molecule has 0 saturated carbocycles. The van der Waals surface area contributed by atoms with Gasteiger partial charge in [0.1, 0.15) is 4.91 Å². The maximum absolute atomic E-state index is 12.1. The number of allylic oxidation sites excluding steroid dienone is 4. The molecule has 0 fully saturated rings. The highest BCUT2D eigenvalue weighted by Crippen LogP contribution is 2.37. The van der Waals surface area contributed by atoms with Crippen LogP contribution in [0, 0.1) is 5.41 Å². The second-order valence-electron chi connectivity index (χ2n) is 5.11. The van der Waals surface area contributed by atoms with Gasteiger partial charge in [0.25, 0.3) is 10.1 Å². The van der Waals surface area contributed by atoms with Crippen LogP contribution < -0.4 is 0 Å². The summed E-state index contributed by atoms with van der Waals surface area (Å²) in [6, 6.07) is 0. The van der Waals surface area contributed by atoms with Gasteiger partial charge < -0.3 is 0 Å². The Balaban J connectivity index is 3.04. The molecule has 0 radical (unpaired) electrons. The monoisotopic (exact) mass is 272 g/mol. The average molecular weight is 272 g/mol. The number of rotatable bonds is 5. The standard InChI is InChI=1S/C13H20O4S/c1-4-5-6-7-10-8-9-11(18(15,16)17)12(14)13(10,2)3/h8-9H,4-7H2,1-3H3,(H,15,16,17). The lowest BCUT2D eigenvalue weighted by Crippen LogP contribution is -2.33. The molecule has 1 rings (SSSR count). The summed E-state index contributed by atoms with van der Waals surface area (Å²) >= 11 is 0. The van der Waals surface area contributed by atoms with Gasteiger partial charge >= 0.3 is 0 Å². The van der Waals surface area contributed by atoms with Crippen LogP contribution in [0.1, 0.15) is 46.5 Å². The van der Waals surface area contributed by atoms with Gasteiger partial charge in [-0.25, -0.2) is 0 Å². The quantitative estimate of drug-likeness (QED) is 0.617. The van der Waals surface area contributed by atoms with Crippen LogP contribution in [-0.2, 0) is 14.9 Å². The third-order valence-corrected chi connectivity index (χ3v) is 4.23. The first-order valence-electron chi connectivity index (χ1n) is 6.15. The van der Waals surface area contributed by atoms with Gasteiger partial charge in [0.05, 0.1) is 5.41 Å². The van der Waals surface area contributed by atoms with E-state index in [9.17, 15) is 13.2 Å². The Hall–Kier alpha value is -0.940. The third kappa shape index (κ3) is 3.09. The molecular formula is C13H20O4S. The number of Topliss-reactive ketones (excluding diaryl/α,β-unsaturated/α-hetero) is 1. The summed E-state index contributed by atoms with van der Waals surface area (Å²) in [6.07, 6.45) is 6.80. The van der Waals surface area contributed by atoms with Gasteiger partial charge in [-0.05, 0) is 32.8 Å². The van der Waals surface area contributed by atoms with Crippen molar-refractivity contribution >= 4 is 15.9 Å². The fraction of sp³-hybridized carbons (Fsp3) is 0.615. The van der Waals surface area contributed by atoms with Gasteiger partial charge in [-0.2, -0.15) is 8.42 Å². The summed E-state index contributed by atoms with van der Waals surface area (Å²) in [5.41, 5.74) is 0.0709. The highest BCUT2D eigenvalue weighted by molar-refractivity contribution is 7.90. The highest BCUT2D eigenvalue weighted by atomic mass is 32.2. The Labute approximate surface area is 109 Å². The van der Waals surface area contributed by atoms with Crippen molar-refractivity contribution in [2.45, 2.75) is 46.5 Å². The number of hydrogen-bond donors (Lipinski definition) is 1. The van der Waals surface area contributed by atoms with Gasteiger partial charge in [0.2, 0.25) is 0 Å². The van der Waals surface area contributed by atoms with Gasteiger partial charge in [0.15, 0.2) is 5.78 Å². The fourth-order valence-corrected chi connectivity index (χ4v) is 2.81. The van der Waals surface area contributed by atoms with Crippen molar-refractivity contribution in [1.29, 1.82) is 0 Å². The Kier molecular flexibility index (Phi) is 4.50. The van der Waals surface area contributed by atoms with Crippen LogP contribution in [0.25, 0.3) is 0 Å². The van der Waals surface area contributed by atoms with Gasteiger partial charge in [0, 0.05) is 0 Å². The molecular weight excluding hydrogens is 252 g/mol. The zero-order valence-electron chi connectivity index (χ0n) is 11.1. The van der Waals surface area contributed by atoms with Crippen LogP contribution in [0.5, 0.6) is 0 Å². The van der Waals surface area contributed by atoms with E-state index < -0.39 is 26.2 Å². The minimum atomic E-state index is -4.43. The third-order valence-electron chi connectivity index (χ3n) is 3.36. The van der Waals surface area contributed by atoms with E-state index in [-0.39, 0.29) is 0 Å². The number of hydrogen-bond acceptors (Lipinski definition) is 3. The second-order valence-corrected chi connectivity index (χ2v) is 6.50. The summed E-state index contributed by atoms with van der Waals surface area (Å²) in [5, 5.41) is 0. The lowest BCUT2D eigenvalue weighted by molar-refractivity contribution is -0.121. The first-order valence-corrected chi connectivity index (χ1v) is 7.59. The first-order chi connectivity index (χ1) is 8.21. The lowest BCUT2D eigenvalue weighted by Gasteiger charge is -2.29. The maximum Gasteiger partial charge on any atom is 0.298 e. The Bertz CT molecular complexity index is 495. The number of unbranched alkanes of at least 4 members (excludes halogenated alkanes) is 2. The lowest BCUT2D eigenvalue weighted by atomic mass is 9.75. The fourth-order valence-electron chi connectivity index (χ4n) is 2.08. The topological polar surface area (TPSA) is 71.4 Å². The van der Waals surface area contributed by atoms with E-state index in [1.807, 2.05) is 0 Å². The molecule has 0 aliphatic heterocycles. The second kappa shape index (κ2) is 5.36. The number of carbonyl (C=O) groups is 1. The summed E-state index contributed by atoms with van der Waals surface area (Å²) in [6.45, 7) is 5.50. The van der Waals surface area contributed by atoms with Crippen LogP contribution in [0.2, 0.25) is 0 Å². The molecule has 0 amide bonds. The minimum Gasteiger partial charge on any atom is -0.292 e. The SMILES string of the molecule is CCCCCC1=CC=C(S(=O)(=O)O)C(=O)C1(C)C. The zero-order chi connectivity index (χ0) is 14.0. The minimum absolute atomic E-state index is 0.508. The van der Waals surface area contributed by atoms with E-state index in [0.717, 1.165) is 31.3 Å². The molecule has 0 unspecified atom stereocenters. The molecule has 0 saturated heterocycles. The van der Waals surface area contributed by atoms with E-state index in [0.29, 0.717) is 0 Å². The van der Waals surface area contributed by atoms with E-state index in [2.05, 4.69) is 6.92 Å². The Morgan fingerprint density at radius 3 is 2.33 bits per heavy atom. The van der Waals surface area contributed by atoms with E-state index in [1.165, 1.54) is 6.08 Å². The largest absolute Gasteiger partial charge is 0.298 e. The van der Waals surface area contributed by atoms with Crippen molar-refractivity contribution in [2.24, 2.45) is 5.41 Å². The summed E-state index contributed by atoms with van der Waals surface area (Å²) in [4.78, 5) is 11.6. The molecule has 0 aromatic heterocycles. The van der Waals surface area contributed by atoms with Crippen molar-refractivity contribution < 1.29 is 17.8 Å². The van der Waals surface area contributed by atoms with Crippen molar-refractivity contribution in [3.05, 3.63) is 22.6 Å². The summed E-state index contributed by atoms with van der Waals surface area (Å²) in [5.74, 6) is -0.529. The molecule has 102 valence electrons. The molecule has 0 bridgehead atoms. The predicted molar refractivity (Wildman–Crippen MR) is 70.6 cm³/mol. The predicted octanol–water partition coefficient (Wildman–Crippen LogP) is 2.87. The normalized spacial score (nSPS) is 19.4. The maximum atomic E-state index is 12.1. The van der Waals surface area contributed by atoms with Crippen molar-refractivity contribution in [3.8, 4) is 0 Å². The molecule has 0 atom stereocenters. The smallest absolute Gasteiger partial charge is 0.292 e. The molecule has 4 nitrogen and oxygen atoms in total. The van der Waals surface area contributed by atoms with Crippen LogP contribution in [0.15, 0.2) is 22.6 Å². The molecule has 18 heavy (non-hydrogen) atoms. The molecule has 1 N–H and O–H groups in total. The Morgan fingerprint density at radius 1 is 1.22 bits per heavy atom. The molecule has 1 aliphatic rings. The number of ketones is 1. The number of carbonyl (C=O) groups excluding carboxylic acids is 1. The first kappa shape index (κ1) is 15.1. The average Bonchev–Trinajstić information content (AvgIpc) is 2.23. The van der Waals surface area contributed by atoms with Gasteiger partial charge in [-0.15, -0.1) is 0 Å². The molecule has 0 aromatic carbocycles. The van der Waals surface area contributed by atoms with Crippen LogP contribution >= 0.6 is 0 Å². The van der Waals surface area contributed by atoms with Crippen LogP contribution in [0.3, 0.4) is 0 Å². The van der Waals surface area contributed by atoms with Crippen molar-refractivity contribution in [2.75, 3.05) is 0 Å². The Morgan fingerprint density at radius 2 is 1.83 bits per heavy atom. The van der Waals surface area contributed by atoms with E-state index in [4.69, 9.17) is 4.55 Å². The van der Waals surface area contributed by atoms with Crippen molar-refractivity contribution in [1.82, 2.24) is 0 Å². The molecule has 0 heterocycles. The summed E-state index contributed by atoms with van der Waals surface area (Å²) < 4.78 is 31.2. The van der Waals surface area contributed by atoms with E-state index >= 15 is 0 Å². The van der Waals surface area contributed by atoms with Gasteiger partial charge in [-0.3, -0.25) is 9.35 Å². The van der Waals surface area contributed by atoms with Gasteiger partial charge in [-0.1, -0.05) is 31.4 Å². The van der Waals surface area contributed by atoms with Crippen LogP contribution in [-0.4, -0.2) is 18.8 Å².